The lowest BCUT2D eigenvalue weighted by atomic mass is 10.3. The van der Waals surface area contributed by atoms with Gasteiger partial charge in [0.15, 0.2) is 0 Å². The molecule has 1 fully saturated rings. The van der Waals surface area contributed by atoms with E-state index < -0.39 is 0 Å². The summed E-state index contributed by atoms with van der Waals surface area (Å²) in [5.41, 5.74) is 0.712. The van der Waals surface area contributed by atoms with E-state index in [9.17, 15) is 4.79 Å². The van der Waals surface area contributed by atoms with Crippen LogP contribution in [0.25, 0.3) is 0 Å². The summed E-state index contributed by atoms with van der Waals surface area (Å²) in [6, 6.07) is 1.64. The van der Waals surface area contributed by atoms with Gasteiger partial charge in [-0.05, 0) is 13.3 Å². The van der Waals surface area contributed by atoms with Gasteiger partial charge in [0.25, 0.3) is 11.4 Å². The van der Waals surface area contributed by atoms with E-state index in [0.29, 0.717) is 32.2 Å². The molecule has 1 aromatic heterocycles. The molecule has 0 amide bonds. The molecule has 2 heterocycles. The smallest absolute Gasteiger partial charge is 0.269 e. The third kappa shape index (κ3) is 4.20. The Bertz CT molecular complexity index is 495. The molecule has 0 aromatic carbocycles. The van der Waals surface area contributed by atoms with Crippen LogP contribution < -0.4 is 15.2 Å². The number of anilines is 1. The van der Waals surface area contributed by atoms with E-state index in [2.05, 4.69) is 16.9 Å². The number of aryl methyl sites for hydroxylation is 1. The van der Waals surface area contributed by atoms with Crippen LogP contribution >= 0.6 is 0 Å². The van der Waals surface area contributed by atoms with Gasteiger partial charge in [-0.1, -0.05) is 19.8 Å². The Balaban J connectivity index is 2.18. The van der Waals surface area contributed by atoms with Crippen molar-refractivity contribution in [1.29, 1.82) is 0 Å². The van der Waals surface area contributed by atoms with Crippen molar-refractivity contribution in [2.24, 2.45) is 0 Å². The molecule has 0 aliphatic carbocycles. The van der Waals surface area contributed by atoms with Gasteiger partial charge < -0.3 is 14.4 Å². The molecule has 118 valence electrons. The molecule has 0 N–H and O–H groups in total. The Kier molecular flexibility index (Phi) is 6.04. The second kappa shape index (κ2) is 8.02. The molecule has 0 spiro atoms. The molecule has 6 heteroatoms. The summed E-state index contributed by atoms with van der Waals surface area (Å²) in [7, 11) is 0. The highest BCUT2D eigenvalue weighted by Gasteiger charge is 2.18. The monoisotopic (exact) mass is 295 g/mol. The van der Waals surface area contributed by atoms with E-state index >= 15 is 0 Å². The molecule has 0 saturated carbocycles. The van der Waals surface area contributed by atoms with Crippen LogP contribution in [0.4, 0.5) is 5.69 Å². The van der Waals surface area contributed by atoms with Gasteiger partial charge in [-0.2, -0.15) is 0 Å². The quantitative estimate of drug-likeness (QED) is 0.716. The molecule has 0 radical (unpaired) electrons. The highest BCUT2D eigenvalue weighted by Crippen LogP contribution is 2.25. The fourth-order valence-electron chi connectivity index (χ4n) is 2.34. The summed E-state index contributed by atoms with van der Waals surface area (Å²) in [4.78, 5) is 14.1. The van der Waals surface area contributed by atoms with Crippen LogP contribution in [0, 0.1) is 0 Å². The first-order valence-corrected chi connectivity index (χ1v) is 7.84. The Morgan fingerprint density at radius 2 is 2.05 bits per heavy atom. The van der Waals surface area contributed by atoms with Crippen molar-refractivity contribution in [2.75, 3.05) is 37.8 Å². The summed E-state index contributed by atoms with van der Waals surface area (Å²) in [5, 5.41) is 4.36. The summed E-state index contributed by atoms with van der Waals surface area (Å²) < 4.78 is 12.6. The normalized spacial score (nSPS) is 15.2. The molecule has 0 bridgehead atoms. The van der Waals surface area contributed by atoms with E-state index in [-0.39, 0.29) is 5.56 Å². The lowest BCUT2D eigenvalue weighted by molar-refractivity contribution is 0.122. The van der Waals surface area contributed by atoms with E-state index in [1.807, 2.05) is 6.92 Å². The largest absolute Gasteiger partial charge is 0.475 e. The number of ether oxygens (including phenoxy) is 2. The maximum absolute atomic E-state index is 12.0. The summed E-state index contributed by atoms with van der Waals surface area (Å²) in [6.45, 7) is 8.13. The Morgan fingerprint density at radius 3 is 2.71 bits per heavy atom. The molecule has 0 atom stereocenters. The highest BCUT2D eigenvalue weighted by molar-refractivity contribution is 5.54. The van der Waals surface area contributed by atoms with Crippen molar-refractivity contribution in [2.45, 2.75) is 39.7 Å². The van der Waals surface area contributed by atoms with Crippen LogP contribution in [-0.4, -0.2) is 42.7 Å². The van der Waals surface area contributed by atoms with Crippen molar-refractivity contribution < 1.29 is 9.47 Å². The van der Waals surface area contributed by atoms with Crippen molar-refractivity contribution in [3.8, 4) is 5.88 Å². The van der Waals surface area contributed by atoms with Crippen LogP contribution in [0.1, 0.15) is 33.1 Å². The molecule has 0 unspecified atom stereocenters. The number of hydrogen-bond acceptors (Lipinski definition) is 5. The van der Waals surface area contributed by atoms with Gasteiger partial charge in [-0.25, -0.2) is 4.68 Å². The summed E-state index contributed by atoms with van der Waals surface area (Å²) in [5.74, 6) is 0.564. The lowest BCUT2D eigenvalue weighted by Crippen LogP contribution is -2.38. The molecule has 2 rings (SSSR count). The van der Waals surface area contributed by atoms with Gasteiger partial charge in [0.1, 0.15) is 5.69 Å². The van der Waals surface area contributed by atoms with Crippen molar-refractivity contribution in [1.82, 2.24) is 9.78 Å². The average molecular weight is 295 g/mol. The third-order valence-corrected chi connectivity index (χ3v) is 3.58. The second-order valence-electron chi connectivity index (χ2n) is 5.14. The first kappa shape index (κ1) is 15.8. The maximum atomic E-state index is 12.0. The second-order valence-corrected chi connectivity index (χ2v) is 5.14. The van der Waals surface area contributed by atoms with E-state index in [0.717, 1.165) is 38.0 Å². The third-order valence-electron chi connectivity index (χ3n) is 3.58. The van der Waals surface area contributed by atoms with Gasteiger partial charge in [0, 0.05) is 25.7 Å². The zero-order chi connectivity index (χ0) is 15.1. The molecule has 1 aromatic rings. The van der Waals surface area contributed by atoms with Crippen LogP contribution in [0.15, 0.2) is 10.9 Å². The van der Waals surface area contributed by atoms with Gasteiger partial charge in [-0.3, -0.25) is 4.79 Å². The zero-order valence-electron chi connectivity index (χ0n) is 13.0. The van der Waals surface area contributed by atoms with Gasteiger partial charge in [-0.15, -0.1) is 5.10 Å². The summed E-state index contributed by atoms with van der Waals surface area (Å²) >= 11 is 0. The highest BCUT2D eigenvalue weighted by atomic mass is 16.5. The van der Waals surface area contributed by atoms with Gasteiger partial charge >= 0.3 is 0 Å². The topological polar surface area (TPSA) is 56.6 Å². The fourth-order valence-corrected chi connectivity index (χ4v) is 2.34. The minimum Gasteiger partial charge on any atom is -0.475 e. The predicted octanol–water partition coefficient (Wildman–Crippen LogP) is 1.67. The van der Waals surface area contributed by atoms with Crippen molar-refractivity contribution >= 4 is 5.69 Å². The first-order valence-electron chi connectivity index (χ1n) is 7.84. The Labute approximate surface area is 125 Å². The molecule has 6 nitrogen and oxygen atoms in total. The number of unbranched alkanes of at least 4 members (excludes halogenated alkanes) is 2. The van der Waals surface area contributed by atoms with Gasteiger partial charge in [0.05, 0.1) is 19.8 Å². The first-order chi connectivity index (χ1) is 10.3. The average Bonchev–Trinajstić information content (AvgIpc) is 2.53. The molecule has 1 aliphatic heterocycles. The summed E-state index contributed by atoms with van der Waals surface area (Å²) in [6.07, 6.45) is 3.30. The lowest BCUT2D eigenvalue weighted by Gasteiger charge is -2.29. The number of rotatable bonds is 7. The molecular weight excluding hydrogens is 270 g/mol. The minimum atomic E-state index is -0.0834. The number of hydrogen-bond donors (Lipinski definition) is 0. The van der Waals surface area contributed by atoms with Crippen molar-refractivity contribution in [3.05, 3.63) is 16.4 Å². The number of aromatic nitrogens is 2. The van der Waals surface area contributed by atoms with E-state index in [4.69, 9.17) is 9.47 Å². The van der Waals surface area contributed by atoms with E-state index in [1.165, 1.54) is 4.68 Å². The number of morpholine rings is 1. The molecule has 1 saturated heterocycles. The van der Waals surface area contributed by atoms with Crippen LogP contribution in [-0.2, 0) is 11.3 Å². The van der Waals surface area contributed by atoms with Crippen molar-refractivity contribution in [3.63, 3.8) is 0 Å². The van der Waals surface area contributed by atoms with Gasteiger partial charge in [0.2, 0.25) is 0 Å². The van der Waals surface area contributed by atoms with Crippen LogP contribution in [0.3, 0.4) is 0 Å². The van der Waals surface area contributed by atoms with Crippen LogP contribution in [0.2, 0.25) is 0 Å². The van der Waals surface area contributed by atoms with E-state index in [1.54, 1.807) is 6.07 Å². The number of nitrogens with zero attached hydrogens (tertiary/aromatic N) is 3. The predicted molar refractivity (Wildman–Crippen MR) is 82.2 cm³/mol. The maximum Gasteiger partial charge on any atom is 0.269 e. The standard InChI is InChI=1S/C15H25N3O3/c1-3-5-6-9-21-15-13(17-7-10-20-11-8-17)12-14(19)18(4-2)16-15/h12H,3-11H2,1-2H3. The Morgan fingerprint density at radius 1 is 1.29 bits per heavy atom. The molecule has 1 aliphatic rings. The minimum absolute atomic E-state index is 0.0834. The zero-order valence-corrected chi connectivity index (χ0v) is 13.0. The molecule has 21 heavy (non-hydrogen) atoms. The fraction of sp³-hybridized carbons (Fsp3) is 0.733. The van der Waals surface area contributed by atoms with Crippen LogP contribution in [0.5, 0.6) is 5.88 Å². The Hall–Kier alpha value is -1.56. The SMILES string of the molecule is CCCCCOc1nn(CC)c(=O)cc1N1CCOCC1. The molecular formula is C15H25N3O3.